The van der Waals surface area contributed by atoms with Crippen molar-refractivity contribution in [1.29, 1.82) is 0 Å². The highest BCUT2D eigenvalue weighted by molar-refractivity contribution is 5.89. The van der Waals surface area contributed by atoms with Crippen LogP contribution in [0.15, 0.2) is 36.5 Å². The monoisotopic (exact) mass is 325 g/mol. The van der Waals surface area contributed by atoms with E-state index in [0.29, 0.717) is 30.4 Å². The summed E-state index contributed by atoms with van der Waals surface area (Å²) in [6.45, 7) is 0.943. The first-order valence-corrected chi connectivity index (χ1v) is 7.73. The number of fused-ring (bicyclic) bond motifs is 2. The van der Waals surface area contributed by atoms with Crippen LogP contribution in [0.25, 0.3) is 10.9 Å². The molecule has 1 N–H and O–H groups in total. The average molecular weight is 325 g/mol. The molecule has 24 heavy (non-hydrogen) atoms. The van der Waals surface area contributed by atoms with E-state index in [2.05, 4.69) is 15.3 Å². The van der Waals surface area contributed by atoms with Gasteiger partial charge in [-0.25, -0.2) is 14.4 Å². The highest BCUT2D eigenvalue weighted by Crippen LogP contribution is 2.31. The minimum Gasteiger partial charge on any atom is -0.493 e. The van der Waals surface area contributed by atoms with Crippen LogP contribution in [-0.2, 0) is 13.0 Å². The molecule has 1 aliphatic heterocycles. The van der Waals surface area contributed by atoms with Crippen molar-refractivity contribution in [1.82, 2.24) is 9.97 Å². The summed E-state index contributed by atoms with van der Waals surface area (Å²) in [6.07, 6.45) is 2.40. The smallest absolute Gasteiger partial charge is 0.213 e. The van der Waals surface area contributed by atoms with Crippen LogP contribution in [0, 0.1) is 5.82 Å². The normalized spacial score (nSPS) is 12.8. The van der Waals surface area contributed by atoms with Gasteiger partial charge in [0.2, 0.25) is 5.88 Å². The fourth-order valence-corrected chi connectivity index (χ4v) is 2.97. The first-order valence-electron chi connectivity index (χ1n) is 7.73. The lowest BCUT2D eigenvalue weighted by Crippen LogP contribution is -2.06. The van der Waals surface area contributed by atoms with Gasteiger partial charge in [-0.15, -0.1) is 0 Å². The van der Waals surface area contributed by atoms with Gasteiger partial charge in [-0.2, -0.15) is 0 Å². The van der Waals surface area contributed by atoms with Crippen LogP contribution in [0.2, 0.25) is 0 Å². The maximum Gasteiger partial charge on any atom is 0.213 e. The molecule has 3 aromatic rings. The third-order valence-corrected chi connectivity index (χ3v) is 4.17. The van der Waals surface area contributed by atoms with Crippen molar-refractivity contribution >= 4 is 16.7 Å². The van der Waals surface area contributed by atoms with Gasteiger partial charge in [0.15, 0.2) is 0 Å². The van der Waals surface area contributed by atoms with Crippen LogP contribution >= 0.6 is 0 Å². The van der Waals surface area contributed by atoms with Crippen molar-refractivity contribution in [2.45, 2.75) is 13.0 Å². The number of anilines is 1. The molecule has 0 amide bonds. The third-order valence-electron chi connectivity index (χ3n) is 4.17. The fraction of sp³-hybridized carbons (Fsp3) is 0.222. The summed E-state index contributed by atoms with van der Waals surface area (Å²) < 4.78 is 24.9. The standard InChI is InChI=1S/C18H16FN3O2/c1-23-17-5-2-12-15(22-17)6-8-20-18(12)21-10-13-11-7-9-24-16(11)4-3-14(13)19/h2-6,8H,7,9-10H2,1H3,(H,20,21). The molecule has 0 fully saturated rings. The largest absolute Gasteiger partial charge is 0.493 e. The quantitative estimate of drug-likeness (QED) is 0.797. The highest BCUT2D eigenvalue weighted by Gasteiger charge is 2.19. The van der Waals surface area contributed by atoms with E-state index in [1.807, 2.05) is 12.1 Å². The molecule has 2 aromatic heterocycles. The number of ether oxygens (including phenoxy) is 2. The van der Waals surface area contributed by atoms with Crippen LogP contribution in [0.5, 0.6) is 11.6 Å². The number of pyridine rings is 2. The number of benzene rings is 1. The van der Waals surface area contributed by atoms with E-state index in [9.17, 15) is 4.39 Å². The summed E-state index contributed by atoms with van der Waals surface area (Å²) in [5.74, 6) is 1.75. The number of aromatic nitrogens is 2. The zero-order chi connectivity index (χ0) is 16.5. The summed E-state index contributed by atoms with van der Waals surface area (Å²) in [5, 5.41) is 4.09. The molecule has 5 nitrogen and oxygen atoms in total. The van der Waals surface area contributed by atoms with E-state index < -0.39 is 0 Å². The van der Waals surface area contributed by atoms with E-state index in [1.165, 1.54) is 6.07 Å². The Hall–Kier alpha value is -2.89. The molecular weight excluding hydrogens is 309 g/mol. The van der Waals surface area contributed by atoms with Gasteiger partial charge in [-0.05, 0) is 24.3 Å². The molecule has 0 atom stereocenters. The minimum atomic E-state index is -0.230. The van der Waals surface area contributed by atoms with E-state index in [0.717, 1.165) is 28.6 Å². The van der Waals surface area contributed by atoms with E-state index in [1.54, 1.807) is 25.4 Å². The molecule has 3 heterocycles. The maximum atomic E-state index is 14.2. The van der Waals surface area contributed by atoms with Gasteiger partial charge in [0.25, 0.3) is 0 Å². The van der Waals surface area contributed by atoms with Gasteiger partial charge in [0.1, 0.15) is 17.4 Å². The van der Waals surface area contributed by atoms with Crippen LogP contribution in [-0.4, -0.2) is 23.7 Å². The van der Waals surface area contributed by atoms with Crippen molar-refractivity contribution in [3.05, 3.63) is 53.5 Å². The van der Waals surface area contributed by atoms with Crippen molar-refractivity contribution in [3.8, 4) is 11.6 Å². The Bertz CT molecular complexity index is 914. The van der Waals surface area contributed by atoms with Crippen molar-refractivity contribution in [3.63, 3.8) is 0 Å². The number of nitrogens with zero attached hydrogens (tertiary/aromatic N) is 2. The molecule has 6 heteroatoms. The van der Waals surface area contributed by atoms with E-state index in [4.69, 9.17) is 9.47 Å². The predicted molar refractivity (Wildman–Crippen MR) is 89.0 cm³/mol. The Morgan fingerprint density at radius 2 is 2.17 bits per heavy atom. The van der Waals surface area contributed by atoms with E-state index in [-0.39, 0.29) is 5.82 Å². The lowest BCUT2D eigenvalue weighted by Gasteiger charge is -2.12. The van der Waals surface area contributed by atoms with Crippen LogP contribution < -0.4 is 14.8 Å². The summed E-state index contributed by atoms with van der Waals surface area (Å²) in [6, 6.07) is 8.63. The number of hydrogen-bond acceptors (Lipinski definition) is 5. The molecule has 1 aliphatic rings. The Balaban J connectivity index is 1.65. The van der Waals surface area contributed by atoms with E-state index >= 15 is 0 Å². The number of nitrogens with one attached hydrogen (secondary N) is 1. The lowest BCUT2D eigenvalue weighted by molar-refractivity contribution is 0.356. The molecule has 0 spiro atoms. The van der Waals surface area contributed by atoms with Gasteiger partial charge >= 0.3 is 0 Å². The molecular formula is C18H16FN3O2. The lowest BCUT2D eigenvalue weighted by atomic mass is 10.0. The van der Waals surface area contributed by atoms with Gasteiger partial charge in [-0.3, -0.25) is 0 Å². The van der Waals surface area contributed by atoms with Crippen molar-refractivity contribution in [2.75, 3.05) is 19.0 Å². The second kappa shape index (κ2) is 5.96. The first kappa shape index (κ1) is 14.7. The van der Waals surface area contributed by atoms with Crippen LogP contribution in [0.3, 0.4) is 0 Å². The van der Waals surface area contributed by atoms with Gasteiger partial charge < -0.3 is 14.8 Å². The Labute approximate surface area is 138 Å². The third kappa shape index (κ3) is 2.50. The Morgan fingerprint density at radius 1 is 1.25 bits per heavy atom. The molecule has 0 saturated carbocycles. The highest BCUT2D eigenvalue weighted by atomic mass is 19.1. The van der Waals surface area contributed by atoms with Gasteiger partial charge in [0.05, 0.1) is 19.2 Å². The number of halogens is 1. The van der Waals surface area contributed by atoms with Crippen LogP contribution in [0.1, 0.15) is 11.1 Å². The van der Waals surface area contributed by atoms with Crippen molar-refractivity contribution < 1.29 is 13.9 Å². The molecule has 1 aromatic carbocycles. The summed E-state index contributed by atoms with van der Waals surface area (Å²) in [4.78, 5) is 8.74. The second-order valence-corrected chi connectivity index (χ2v) is 5.53. The van der Waals surface area contributed by atoms with Gasteiger partial charge in [0, 0.05) is 41.7 Å². The number of rotatable bonds is 4. The SMILES string of the molecule is COc1ccc2c(NCc3c(F)ccc4c3CCO4)nccc2n1. The molecule has 122 valence electrons. The second-order valence-electron chi connectivity index (χ2n) is 5.53. The van der Waals surface area contributed by atoms with Crippen LogP contribution in [0.4, 0.5) is 10.2 Å². The number of methoxy groups -OCH3 is 1. The molecule has 0 aliphatic carbocycles. The summed E-state index contributed by atoms with van der Waals surface area (Å²) in [5.41, 5.74) is 2.33. The average Bonchev–Trinajstić information content (AvgIpc) is 3.09. The Kier molecular flexibility index (Phi) is 3.65. The van der Waals surface area contributed by atoms with Gasteiger partial charge in [-0.1, -0.05) is 0 Å². The molecule has 0 saturated heterocycles. The maximum absolute atomic E-state index is 14.2. The zero-order valence-corrected chi connectivity index (χ0v) is 13.2. The summed E-state index contributed by atoms with van der Waals surface area (Å²) in [7, 11) is 1.58. The Morgan fingerprint density at radius 3 is 3.04 bits per heavy atom. The first-order chi connectivity index (χ1) is 11.8. The molecule has 4 rings (SSSR count). The molecule has 0 unspecified atom stereocenters. The molecule has 0 bridgehead atoms. The zero-order valence-electron chi connectivity index (χ0n) is 13.2. The fourth-order valence-electron chi connectivity index (χ4n) is 2.97. The topological polar surface area (TPSA) is 56.3 Å². The molecule has 0 radical (unpaired) electrons. The number of hydrogen-bond donors (Lipinski definition) is 1. The summed E-state index contributed by atoms with van der Waals surface area (Å²) >= 11 is 0. The predicted octanol–water partition coefficient (Wildman–Crippen LogP) is 3.32. The van der Waals surface area contributed by atoms with Crippen molar-refractivity contribution in [2.24, 2.45) is 0 Å². The minimum absolute atomic E-state index is 0.230.